The fourth-order valence-corrected chi connectivity index (χ4v) is 2.14. The van der Waals surface area contributed by atoms with Gasteiger partial charge in [-0.15, -0.1) is 0 Å². The predicted molar refractivity (Wildman–Crippen MR) is 55.9 cm³/mol. The zero-order valence-electron chi connectivity index (χ0n) is 7.86. The van der Waals surface area contributed by atoms with Gasteiger partial charge in [0, 0.05) is 17.5 Å². The van der Waals surface area contributed by atoms with Gasteiger partial charge in [-0.1, -0.05) is 24.3 Å². The van der Waals surface area contributed by atoms with Crippen LogP contribution in [0.25, 0.3) is 0 Å². The Morgan fingerprint density at radius 2 is 2.00 bits per heavy atom. The number of carbonyl (C=O) groups is 1. The molecule has 1 aromatic rings. The summed E-state index contributed by atoms with van der Waals surface area (Å²) in [6, 6.07) is 7.54. The molecule has 0 aliphatic heterocycles. The van der Waals surface area contributed by atoms with Gasteiger partial charge < -0.3 is 4.52 Å². The Labute approximate surface area is 79.8 Å². The normalized spacial score (nSPS) is 12.5. The van der Waals surface area contributed by atoms with E-state index in [0.29, 0.717) is 5.56 Å². The van der Waals surface area contributed by atoms with Crippen LogP contribution in [0, 0.1) is 0 Å². The standard InChI is InChI=1S/C10H13O2P/c1-3-12-13(2)10-6-4-9(8-11)5-7-10/h4-8H,3H2,1-2H3. The summed E-state index contributed by atoms with van der Waals surface area (Å²) < 4.78 is 5.48. The van der Waals surface area contributed by atoms with Crippen molar-refractivity contribution in [1.82, 2.24) is 0 Å². The Balaban J connectivity index is 2.73. The molecule has 0 aliphatic rings. The lowest BCUT2D eigenvalue weighted by Crippen LogP contribution is -2.02. The molecule has 0 saturated carbocycles. The number of hydrogen-bond donors (Lipinski definition) is 0. The SMILES string of the molecule is CCOP(C)c1ccc(C=O)cc1. The van der Waals surface area contributed by atoms with Crippen LogP contribution < -0.4 is 5.30 Å². The van der Waals surface area contributed by atoms with Crippen LogP contribution >= 0.6 is 8.15 Å². The maximum atomic E-state index is 10.4. The summed E-state index contributed by atoms with van der Waals surface area (Å²) in [6.07, 6.45) is 0.850. The molecule has 1 aromatic carbocycles. The van der Waals surface area contributed by atoms with E-state index < -0.39 is 8.15 Å². The zero-order chi connectivity index (χ0) is 9.68. The Hall–Kier alpha value is -0.720. The molecule has 0 N–H and O–H groups in total. The molecule has 0 saturated heterocycles. The van der Waals surface area contributed by atoms with Gasteiger partial charge in [0.15, 0.2) is 0 Å². The Morgan fingerprint density at radius 1 is 1.38 bits per heavy atom. The second-order valence-electron chi connectivity index (χ2n) is 2.62. The first-order valence-corrected chi connectivity index (χ1v) is 5.90. The molecule has 0 bridgehead atoms. The van der Waals surface area contributed by atoms with Crippen LogP contribution in [0.5, 0.6) is 0 Å². The number of benzene rings is 1. The van der Waals surface area contributed by atoms with Crippen LogP contribution in [-0.4, -0.2) is 19.6 Å². The van der Waals surface area contributed by atoms with Crippen LogP contribution in [0.15, 0.2) is 24.3 Å². The quantitative estimate of drug-likeness (QED) is 0.545. The van der Waals surface area contributed by atoms with E-state index in [1.165, 1.54) is 5.30 Å². The largest absolute Gasteiger partial charge is 0.355 e. The topological polar surface area (TPSA) is 26.3 Å². The van der Waals surface area contributed by atoms with Crippen LogP contribution in [-0.2, 0) is 4.52 Å². The Kier molecular flexibility index (Phi) is 4.07. The lowest BCUT2D eigenvalue weighted by atomic mass is 10.2. The van der Waals surface area contributed by atoms with Crippen LogP contribution in [0.3, 0.4) is 0 Å². The van der Waals surface area contributed by atoms with Gasteiger partial charge in [-0.3, -0.25) is 4.79 Å². The fourth-order valence-electron chi connectivity index (χ4n) is 1.03. The van der Waals surface area contributed by atoms with E-state index in [1.54, 1.807) is 0 Å². The lowest BCUT2D eigenvalue weighted by molar-refractivity contribution is 0.112. The van der Waals surface area contributed by atoms with Gasteiger partial charge in [-0.05, 0) is 13.6 Å². The molecule has 0 amide bonds. The Bertz CT molecular complexity index is 269. The molecule has 2 nitrogen and oxygen atoms in total. The second-order valence-corrected chi connectivity index (χ2v) is 4.39. The van der Waals surface area contributed by atoms with Crippen molar-refractivity contribution in [1.29, 1.82) is 0 Å². The van der Waals surface area contributed by atoms with Crippen molar-refractivity contribution in [3.8, 4) is 0 Å². The third-order valence-electron chi connectivity index (χ3n) is 1.72. The summed E-state index contributed by atoms with van der Waals surface area (Å²) in [5, 5.41) is 1.17. The van der Waals surface area contributed by atoms with E-state index in [2.05, 4.69) is 6.66 Å². The molecule has 13 heavy (non-hydrogen) atoms. The first-order valence-electron chi connectivity index (χ1n) is 4.19. The third-order valence-corrected chi connectivity index (χ3v) is 3.39. The first-order chi connectivity index (χ1) is 6.27. The van der Waals surface area contributed by atoms with Crippen molar-refractivity contribution >= 4 is 19.7 Å². The van der Waals surface area contributed by atoms with E-state index in [1.807, 2.05) is 31.2 Å². The number of carbonyl (C=O) groups excluding carboxylic acids is 1. The van der Waals surface area contributed by atoms with E-state index >= 15 is 0 Å². The minimum Gasteiger partial charge on any atom is -0.355 e. The van der Waals surface area contributed by atoms with Gasteiger partial charge in [0.1, 0.15) is 6.29 Å². The van der Waals surface area contributed by atoms with Gasteiger partial charge in [0.2, 0.25) is 0 Å². The van der Waals surface area contributed by atoms with E-state index in [-0.39, 0.29) is 0 Å². The molecule has 1 atom stereocenters. The van der Waals surface area contributed by atoms with Crippen molar-refractivity contribution in [2.75, 3.05) is 13.3 Å². The molecule has 3 heteroatoms. The van der Waals surface area contributed by atoms with E-state index in [4.69, 9.17) is 4.52 Å². The summed E-state index contributed by atoms with van der Waals surface area (Å²) in [5.41, 5.74) is 0.712. The minimum atomic E-state index is -0.509. The van der Waals surface area contributed by atoms with Crippen molar-refractivity contribution in [2.24, 2.45) is 0 Å². The summed E-state index contributed by atoms with van der Waals surface area (Å²) in [5.74, 6) is 0. The molecule has 0 radical (unpaired) electrons. The number of rotatable bonds is 4. The van der Waals surface area contributed by atoms with Crippen molar-refractivity contribution in [2.45, 2.75) is 6.92 Å². The third kappa shape index (κ3) is 2.91. The smallest absolute Gasteiger partial charge is 0.150 e. The molecule has 1 rings (SSSR count). The van der Waals surface area contributed by atoms with Gasteiger partial charge >= 0.3 is 0 Å². The second kappa shape index (κ2) is 5.11. The summed E-state index contributed by atoms with van der Waals surface area (Å²) >= 11 is 0. The molecule has 70 valence electrons. The van der Waals surface area contributed by atoms with Gasteiger partial charge in [-0.2, -0.15) is 0 Å². The lowest BCUT2D eigenvalue weighted by Gasteiger charge is -2.10. The van der Waals surface area contributed by atoms with Crippen LogP contribution in [0.1, 0.15) is 17.3 Å². The molecule has 0 heterocycles. The predicted octanol–water partition coefficient (Wildman–Crippen LogP) is 2.19. The minimum absolute atomic E-state index is 0.509. The summed E-state index contributed by atoms with van der Waals surface area (Å²) in [6.45, 7) is 4.78. The summed E-state index contributed by atoms with van der Waals surface area (Å²) in [4.78, 5) is 10.4. The first kappa shape index (κ1) is 10.4. The van der Waals surface area contributed by atoms with E-state index in [0.717, 1.165) is 12.9 Å². The van der Waals surface area contributed by atoms with Crippen molar-refractivity contribution in [3.63, 3.8) is 0 Å². The van der Waals surface area contributed by atoms with E-state index in [9.17, 15) is 4.79 Å². The maximum absolute atomic E-state index is 10.4. The maximum Gasteiger partial charge on any atom is 0.150 e. The molecule has 0 aromatic heterocycles. The average molecular weight is 196 g/mol. The monoisotopic (exact) mass is 196 g/mol. The molecular weight excluding hydrogens is 183 g/mol. The molecular formula is C10H13O2P. The highest BCUT2D eigenvalue weighted by Crippen LogP contribution is 2.30. The Morgan fingerprint density at radius 3 is 2.46 bits per heavy atom. The van der Waals surface area contributed by atoms with Gasteiger partial charge in [-0.25, -0.2) is 0 Å². The highest BCUT2D eigenvalue weighted by molar-refractivity contribution is 7.60. The highest BCUT2D eigenvalue weighted by atomic mass is 31.1. The summed E-state index contributed by atoms with van der Waals surface area (Å²) in [7, 11) is -0.509. The molecule has 0 spiro atoms. The number of aldehydes is 1. The van der Waals surface area contributed by atoms with Crippen LogP contribution in [0.4, 0.5) is 0 Å². The molecule has 0 aliphatic carbocycles. The van der Waals surface area contributed by atoms with Crippen molar-refractivity contribution in [3.05, 3.63) is 29.8 Å². The highest BCUT2D eigenvalue weighted by Gasteiger charge is 2.03. The van der Waals surface area contributed by atoms with Crippen LogP contribution in [0.2, 0.25) is 0 Å². The van der Waals surface area contributed by atoms with Crippen molar-refractivity contribution < 1.29 is 9.32 Å². The zero-order valence-corrected chi connectivity index (χ0v) is 8.75. The fraction of sp³-hybridized carbons (Fsp3) is 0.300. The van der Waals surface area contributed by atoms with Gasteiger partial charge in [0.05, 0.1) is 8.15 Å². The average Bonchev–Trinajstić information content (AvgIpc) is 2.18. The number of hydrogen-bond acceptors (Lipinski definition) is 2. The van der Waals surface area contributed by atoms with Gasteiger partial charge in [0.25, 0.3) is 0 Å². The molecule has 1 unspecified atom stereocenters. The molecule has 0 fully saturated rings.